The number of benzene rings is 1. The third kappa shape index (κ3) is 3.61. The van der Waals surface area contributed by atoms with E-state index in [9.17, 15) is 4.79 Å². The number of aromatic nitrogens is 2. The first kappa shape index (κ1) is 14.9. The van der Waals surface area contributed by atoms with Crippen molar-refractivity contribution < 1.29 is 4.79 Å². The van der Waals surface area contributed by atoms with Crippen LogP contribution in [0.2, 0.25) is 0 Å². The van der Waals surface area contributed by atoms with Gasteiger partial charge in [-0.3, -0.25) is 10.2 Å². The SMILES string of the molecule is CC(CNC(=O)Nc1cnns1)N1CCc2ccccc2C1. The van der Waals surface area contributed by atoms with Gasteiger partial charge in [0.05, 0.1) is 6.20 Å². The van der Waals surface area contributed by atoms with Crippen LogP contribution in [0.4, 0.5) is 9.80 Å². The van der Waals surface area contributed by atoms with Crippen LogP contribution in [0.3, 0.4) is 0 Å². The van der Waals surface area contributed by atoms with Crippen LogP contribution in [0, 0.1) is 0 Å². The fourth-order valence-electron chi connectivity index (χ4n) is 2.64. The summed E-state index contributed by atoms with van der Waals surface area (Å²) in [6, 6.07) is 8.64. The van der Waals surface area contributed by atoms with Gasteiger partial charge in [-0.15, -0.1) is 5.10 Å². The van der Waals surface area contributed by atoms with Crippen molar-refractivity contribution in [1.29, 1.82) is 0 Å². The molecule has 1 atom stereocenters. The minimum atomic E-state index is -0.213. The van der Waals surface area contributed by atoms with Crippen LogP contribution in [0.1, 0.15) is 18.1 Å². The lowest BCUT2D eigenvalue weighted by atomic mass is 9.99. The first-order valence-corrected chi connectivity index (χ1v) is 8.13. The first-order chi connectivity index (χ1) is 10.7. The Balaban J connectivity index is 1.48. The van der Waals surface area contributed by atoms with Gasteiger partial charge in [-0.25, -0.2) is 4.79 Å². The van der Waals surface area contributed by atoms with Gasteiger partial charge in [-0.05, 0) is 24.5 Å². The van der Waals surface area contributed by atoms with Gasteiger partial charge in [0.15, 0.2) is 0 Å². The number of nitrogens with zero attached hydrogens (tertiary/aromatic N) is 3. The number of anilines is 1. The second-order valence-corrected chi connectivity index (χ2v) is 6.24. The molecule has 1 aliphatic heterocycles. The molecule has 1 aromatic heterocycles. The molecule has 1 aromatic carbocycles. The summed E-state index contributed by atoms with van der Waals surface area (Å²) < 4.78 is 3.71. The van der Waals surface area contributed by atoms with Gasteiger partial charge < -0.3 is 5.32 Å². The van der Waals surface area contributed by atoms with Gasteiger partial charge in [0.2, 0.25) is 0 Å². The fourth-order valence-corrected chi connectivity index (χ4v) is 3.06. The lowest BCUT2D eigenvalue weighted by molar-refractivity contribution is 0.186. The van der Waals surface area contributed by atoms with E-state index in [0.717, 1.165) is 31.0 Å². The molecule has 2 N–H and O–H groups in total. The molecule has 22 heavy (non-hydrogen) atoms. The van der Waals surface area contributed by atoms with Gasteiger partial charge in [0, 0.05) is 37.2 Å². The molecule has 0 saturated heterocycles. The Bertz CT molecular complexity index is 631. The second kappa shape index (κ2) is 6.85. The molecule has 116 valence electrons. The lowest BCUT2D eigenvalue weighted by Crippen LogP contribution is -2.45. The van der Waals surface area contributed by atoms with Crippen LogP contribution in [-0.4, -0.2) is 39.6 Å². The summed E-state index contributed by atoms with van der Waals surface area (Å²) in [7, 11) is 0. The highest BCUT2D eigenvalue weighted by atomic mass is 32.1. The summed E-state index contributed by atoms with van der Waals surface area (Å²) >= 11 is 1.16. The largest absolute Gasteiger partial charge is 0.336 e. The zero-order valence-electron chi connectivity index (χ0n) is 12.5. The molecule has 1 aliphatic rings. The van der Waals surface area contributed by atoms with Crippen molar-refractivity contribution in [1.82, 2.24) is 19.8 Å². The molecule has 0 saturated carbocycles. The number of amides is 2. The zero-order valence-corrected chi connectivity index (χ0v) is 13.3. The second-order valence-electron chi connectivity index (χ2n) is 5.45. The molecule has 0 spiro atoms. The molecule has 0 fully saturated rings. The summed E-state index contributed by atoms with van der Waals surface area (Å²) in [5.41, 5.74) is 2.83. The average molecular weight is 317 g/mol. The molecular formula is C15H19N5OS. The Kier molecular flexibility index (Phi) is 4.65. The summed E-state index contributed by atoms with van der Waals surface area (Å²) in [5.74, 6) is 0. The van der Waals surface area contributed by atoms with Crippen LogP contribution in [0.25, 0.3) is 0 Å². The monoisotopic (exact) mass is 317 g/mol. The molecule has 7 heteroatoms. The van der Waals surface area contributed by atoms with Gasteiger partial charge in [-0.1, -0.05) is 28.8 Å². The van der Waals surface area contributed by atoms with Crippen molar-refractivity contribution in [2.45, 2.75) is 25.9 Å². The van der Waals surface area contributed by atoms with E-state index in [-0.39, 0.29) is 6.03 Å². The van der Waals surface area contributed by atoms with Crippen LogP contribution in [-0.2, 0) is 13.0 Å². The van der Waals surface area contributed by atoms with E-state index >= 15 is 0 Å². The van der Waals surface area contributed by atoms with Crippen molar-refractivity contribution in [2.75, 3.05) is 18.4 Å². The number of rotatable bonds is 4. The van der Waals surface area contributed by atoms with E-state index in [0.29, 0.717) is 17.6 Å². The number of hydrogen-bond acceptors (Lipinski definition) is 5. The number of nitrogens with one attached hydrogen (secondary N) is 2. The van der Waals surface area contributed by atoms with E-state index in [1.807, 2.05) is 0 Å². The van der Waals surface area contributed by atoms with Gasteiger partial charge in [0.25, 0.3) is 0 Å². The van der Waals surface area contributed by atoms with E-state index < -0.39 is 0 Å². The van der Waals surface area contributed by atoms with Crippen molar-refractivity contribution >= 4 is 22.6 Å². The van der Waals surface area contributed by atoms with E-state index in [2.05, 4.69) is 56.3 Å². The summed E-state index contributed by atoms with van der Waals surface area (Å²) in [5, 5.41) is 9.96. The average Bonchev–Trinajstić information content (AvgIpc) is 3.05. The summed E-state index contributed by atoms with van der Waals surface area (Å²) in [6.07, 6.45) is 2.61. The van der Waals surface area contributed by atoms with Crippen molar-refractivity contribution in [3.63, 3.8) is 0 Å². The quantitative estimate of drug-likeness (QED) is 0.906. The highest BCUT2D eigenvalue weighted by Gasteiger charge is 2.20. The van der Waals surface area contributed by atoms with Gasteiger partial charge in [0.1, 0.15) is 5.00 Å². The van der Waals surface area contributed by atoms with E-state index in [4.69, 9.17) is 0 Å². The standard InChI is InChI=1S/C15H19N5OS/c1-11(8-16-15(21)18-14-9-17-19-22-14)20-7-6-12-4-2-3-5-13(12)10-20/h2-5,9,11H,6-8,10H2,1H3,(H2,16,18,21). The normalized spacial score (nSPS) is 15.9. The topological polar surface area (TPSA) is 70.1 Å². The number of hydrogen-bond donors (Lipinski definition) is 2. The maximum absolute atomic E-state index is 11.8. The Labute approximate surface area is 133 Å². The molecule has 0 radical (unpaired) electrons. The lowest BCUT2D eigenvalue weighted by Gasteiger charge is -2.33. The Morgan fingerprint density at radius 1 is 1.41 bits per heavy atom. The molecule has 2 aromatic rings. The van der Waals surface area contributed by atoms with Crippen LogP contribution < -0.4 is 10.6 Å². The molecule has 0 aliphatic carbocycles. The molecule has 0 bridgehead atoms. The number of urea groups is 1. The molecule has 6 nitrogen and oxygen atoms in total. The minimum absolute atomic E-state index is 0.213. The van der Waals surface area contributed by atoms with Crippen molar-refractivity contribution in [3.05, 3.63) is 41.6 Å². The van der Waals surface area contributed by atoms with Crippen molar-refractivity contribution in [2.24, 2.45) is 0 Å². The maximum atomic E-state index is 11.8. The summed E-state index contributed by atoms with van der Waals surface area (Å²) in [4.78, 5) is 14.2. The highest BCUT2D eigenvalue weighted by Crippen LogP contribution is 2.19. The molecule has 2 heterocycles. The number of carbonyl (C=O) groups is 1. The smallest absolute Gasteiger partial charge is 0.319 e. The van der Waals surface area contributed by atoms with Crippen LogP contribution in [0.15, 0.2) is 30.5 Å². The molecule has 3 rings (SSSR count). The van der Waals surface area contributed by atoms with Gasteiger partial charge in [-0.2, -0.15) is 0 Å². The molecule has 1 unspecified atom stereocenters. The maximum Gasteiger partial charge on any atom is 0.319 e. The third-order valence-electron chi connectivity index (χ3n) is 3.94. The molecular weight excluding hydrogens is 298 g/mol. The van der Waals surface area contributed by atoms with E-state index in [1.165, 1.54) is 17.3 Å². The van der Waals surface area contributed by atoms with Crippen molar-refractivity contribution in [3.8, 4) is 0 Å². The summed E-state index contributed by atoms with van der Waals surface area (Å²) in [6.45, 7) is 4.72. The van der Waals surface area contributed by atoms with Crippen LogP contribution >= 0.6 is 11.5 Å². The molecule has 2 amide bonds. The minimum Gasteiger partial charge on any atom is -0.336 e. The number of fused-ring (bicyclic) bond motifs is 1. The predicted molar refractivity (Wildman–Crippen MR) is 86.9 cm³/mol. The Hall–Kier alpha value is -1.99. The van der Waals surface area contributed by atoms with Gasteiger partial charge >= 0.3 is 6.03 Å². The Morgan fingerprint density at radius 3 is 3.00 bits per heavy atom. The fraction of sp³-hybridized carbons (Fsp3) is 0.400. The predicted octanol–water partition coefficient (Wildman–Crippen LogP) is 2.11. The Morgan fingerprint density at radius 2 is 2.23 bits per heavy atom. The highest BCUT2D eigenvalue weighted by molar-refractivity contribution is 7.10. The first-order valence-electron chi connectivity index (χ1n) is 7.35. The van der Waals surface area contributed by atoms with Crippen LogP contribution in [0.5, 0.6) is 0 Å². The zero-order chi connectivity index (χ0) is 15.4. The third-order valence-corrected chi connectivity index (χ3v) is 4.52. The van der Waals surface area contributed by atoms with E-state index in [1.54, 1.807) is 0 Å². The number of carbonyl (C=O) groups excluding carboxylic acids is 1.